The third-order valence-electron chi connectivity index (χ3n) is 4.96. The second kappa shape index (κ2) is 8.41. The highest BCUT2D eigenvalue weighted by Crippen LogP contribution is 2.30. The number of alkyl halides is 3. The highest BCUT2D eigenvalue weighted by Gasteiger charge is 2.31. The van der Waals surface area contributed by atoms with Crippen molar-refractivity contribution < 1.29 is 26.4 Å². The molecule has 1 heterocycles. The Hall–Kier alpha value is -3.99. The highest BCUT2D eigenvalue weighted by molar-refractivity contribution is 7.92. The van der Waals surface area contributed by atoms with Crippen LogP contribution in [-0.2, 0) is 16.2 Å². The predicted octanol–water partition coefficient (Wildman–Crippen LogP) is 4.28. The maximum absolute atomic E-state index is 13.0. The van der Waals surface area contributed by atoms with Gasteiger partial charge in [0.25, 0.3) is 15.6 Å². The summed E-state index contributed by atoms with van der Waals surface area (Å²) < 4.78 is 66.4. The van der Waals surface area contributed by atoms with Crippen LogP contribution < -0.4 is 10.3 Å². The zero-order valence-electron chi connectivity index (χ0n) is 17.5. The van der Waals surface area contributed by atoms with Crippen molar-refractivity contribution in [3.05, 3.63) is 99.6 Å². The predicted molar refractivity (Wildman–Crippen MR) is 119 cm³/mol. The Bertz CT molecular complexity index is 1580. The average Bonchev–Trinajstić information content (AvgIpc) is 2.78. The summed E-state index contributed by atoms with van der Waals surface area (Å²) in [4.78, 5) is 31.6. The minimum absolute atomic E-state index is 0.00954. The van der Waals surface area contributed by atoms with Gasteiger partial charge in [0.05, 0.1) is 21.4 Å². The van der Waals surface area contributed by atoms with Crippen LogP contribution in [0.2, 0.25) is 0 Å². The lowest BCUT2D eigenvalue weighted by Crippen LogP contribution is -2.18. The third kappa shape index (κ3) is 4.69. The fourth-order valence-electron chi connectivity index (χ4n) is 3.21. The molecule has 0 aliphatic carbocycles. The zero-order valence-corrected chi connectivity index (χ0v) is 18.3. The van der Waals surface area contributed by atoms with Gasteiger partial charge >= 0.3 is 6.18 Å². The third-order valence-corrected chi connectivity index (χ3v) is 6.35. The van der Waals surface area contributed by atoms with Crippen LogP contribution in [0.5, 0.6) is 0 Å². The molecule has 0 aliphatic heterocycles. The van der Waals surface area contributed by atoms with Crippen LogP contribution in [0, 0.1) is 6.92 Å². The molecule has 4 rings (SSSR count). The molecule has 7 nitrogen and oxygen atoms in total. The molecule has 4 aromatic rings. The maximum atomic E-state index is 13.0. The topological polar surface area (TPSA) is 109 Å². The van der Waals surface area contributed by atoms with E-state index < -0.39 is 38.9 Å². The van der Waals surface area contributed by atoms with E-state index in [1.165, 1.54) is 36.4 Å². The van der Waals surface area contributed by atoms with E-state index in [1.54, 1.807) is 12.1 Å². The van der Waals surface area contributed by atoms with Crippen molar-refractivity contribution in [3.8, 4) is 0 Å². The van der Waals surface area contributed by atoms with Gasteiger partial charge in [-0.25, -0.2) is 13.4 Å². The molecule has 0 radical (unpaired) electrons. The minimum Gasteiger partial charge on any atom is -0.303 e. The van der Waals surface area contributed by atoms with E-state index >= 15 is 0 Å². The number of nitrogens with one attached hydrogen (secondary N) is 2. The number of aromatic nitrogens is 2. The van der Waals surface area contributed by atoms with Gasteiger partial charge in [-0.2, -0.15) is 13.2 Å². The van der Waals surface area contributed by atoms with Gasteiger partial charge in [0, 0.05) is 11.3 Å². The smallest absolute Gasteiger partial charge is 0.303 e. The van der Waals surface area contributed by atoms with Crippen molar-refractivity contribution in [2.24, 2.45) is 0 Å². The summed E-state index contributed by atoms with van der Waals surface area (Å²) in [6, 6.07) is 13.9. The first-order valence-corrected chi connectivity index (χ1v) is 11.3. The summed E-state index contributed by atoms with van der Waals surface area (Å²) in [6.07, 6.45) is -4.64. The second-order valence-electron chi connectivity index (χ2n) is 7.47. The lowest BCUT2D eigenvalue weighted by atomic mass is 10.1. The number of fused-ring (bicyclic) bond motifs is 1. The van der Waals surface area contributed by atoms with Crippen molar-refractivity contribution in [2.45, 2.75) is 18.0 Å². The first-order chi connectivity index (χ1) is 15.9. The van der Waals surface area contributed by atoms with E-state index in [0.717, 1.165) is 17.7 Å². The highest BCUT2D eigenvalue weighted by atomic mass is 32.2. The van der Waals surface area contributed by atoms with Crippen molar-refractivity contribution in [3.63, 3.8) is 0 Å². The number of ketones is 1. The number of nitrogens with zero attached hydrogens (tertiary/aromatic N) is 1. The Labute approximate surface area is 191 Å². The molecule has 174 valence electrons. The number of benzene rings is 3. The minimum atomic E-state index is -4.64. The van der Waals surface area contributed by atoms with E-state index in [-0.39, 0.29) is 27.0 Å². The van der Waals surface area contributed by atoms with Gasteiger partial charge in [-0.1, -0.05) is 29.8 Å². The van der Waals surface area contributed by atoms with E-state index in [0.29, 0.717) is 6.07 Å². The molecule has 0 atom stereocenters. The van der Waals surface area contributed by atoms with Crippen molar-refractivity contribution in [1.82, 2.24) is 9.97 Å². The van der Waals surface area contributed by atoms with Gasteiger partial charge in [-0.15, -0.1) is 0 Å². The van der Waals surface area contributed by atoms with Crippen molar-refractivity contribution in [1.29, 1.82) is 0 Å². The van der Waals surface area contributed by atoms with Crippen LogP contribution in [0.3, 0.4) is 0 Å². The fourth-order valence-corrected chi connectivity index (χ4v) is 4.26. The van der Waals surface area contributed by atoms with Gasteiger partial charge in [0.15, 0.2) is 5.82 Å². The van der Waals surface area contributed by atoms with E-state index in [9.17, 15) is 31.2 Å². The van der Waals surface area contributed by atoms with Crippen LogP contribution in [0.25, 0.3) is 10.9 Å². The molecule has 0 fully saturated rings. The van der Waals surface area contributed by atoms with Gasteiger partial charge in [-0.3, -0.25) is 14.3 Å². The summed E-state index contributed by atoms with van der Waals surface area (Å²) >= 11 is 0. The summed E-state index contributed by atoms with van der Waals surface area (Å²) in [5.74, 6) is -1.33. The van der Waals surface area contributed by atoms with Crippen LogP contribution >= 0.6 is 0 Å². The Morgan fingerprint density at radius 1 is 1.00 bits per heavy atom. The zero-order chi connectivity index (χ0) is 24.7. The average molecular weight is 487 g/mol. The van der Waals surface area contributed by atoms with Crippen molar-refractivity contribution >= 4 is 32.4 Å². The van der Waals surface area contributed by atoms with Crippen LogP contribution in [-0.4, -0.2) is 24.2 Å². The van der Waals surface area contributed by atoms with Crippen LogP contribution in [0.4, 0.5) is 18.9 Å². The molecule has 0 aliphatic rings. The number of H-pyrrole nitrogens is 1. The lowest BCUT2D eigenvalue weighted by Gasteiger charge is -2.10. The van der Waals surface area contributed by atoms with Crippen molar-refractivity contribution in [2.75, 3.05) is 4.72 Å². The van der Waals surface area contributed by atoms with Gasteiger partial charge < -0.3 is 4.98 Å². The van der Waals surface area contributed by atoms with E-state index in [4.69, 9.17) is 0 Å². The first-order valence-electron chi connectivity index (χ1n) is 9.79. The Balaban J connectivity index is 1.67. The first kappa shape index (κ1) is 23.2. The maximum Gasteiger partial charge on any atom is 0.416 e. The van der Waals surface area contributed by atoms with Crippen LogP contribution in [0.15, 0.2) is 76.4 Å². The number of aryl methyl sites for hydroxylation is 1. The summed E-state index contributed by atoms with van der Waals surface area (Å²) in [5, 5.41) is -0.00954. The molecule has 0 bridgehead atoms. The number of aromatic amines is 1. The van der Waals surface area contributed by atoms with E-state index in [2.05, 4.69) is 14.7 Å². The number of carbonyl (C=O) groups excluding carboxylic acids is 1. The van der Waals surface area contributed by atoms with E-state index in [1.807, 2.05) is 6.92 Å². The number of carbonyl (C=O) groups is 1. The Morgan fingerprint density at radius 2 is 1.71 bits per heavy atom. The fraction of sp³-hybridized carbons (Fsp3) is 0.0870. The molecule has 11 heteroatoms. The lowest BCUT2D eigenvalue weighted by molar-refractivity contribution is -0.137. The summed E-state index contributed by atoms with van der Waals surface area (Å²) in [6.45, 7) is 1.82. The number of rotatable bonds is 5. The molecule has 0 spiro atoms. The Kier molecular flexibility index (Phi) is 5.74. The number of sulfonamides is 1. The number of halogens is 3. The molecule has 3 aromatic carbocycles. The molecule has 0 saturated carbocycles. The molecule has 1 aromatic heterocycles. The summed E-state index contributed by atoms with van der Waals surface area (Å²) in [7, 11) is -3.91. The van der Waals surface area contributed by atoms with Gasteiger partial charge in [0.2, 0.25) is 5.78 Å². The number of anilines is 1. The largest absolute Gasteiger partial charge is 0.416 e. The molecule has 2 N–H and O–H groups in total. The number of hydrogen-bond acceptors (Lipinski definition) is 5. The molecule has 0 unspecified atom stereocenters. The summed E-state index contributed by atoms with van der Waals surface area (Å²) in [5.41, 5.74) is -1.00. The SMILES string of the molecule is Cc1ccc(S(=O)(=O)Nc2ccc3nc(C(=O)c4cccc(C(F)(F)F)c4)[nH]c(=O)c3c2)cc1. The van der Waals surface area contributed by atoms with Gasteiger partial charge in [-0.05, 0) is 49.4 Å². The molecule has 0 amide bonds. The molecule has 0 saturated heterocycles. The number of hydrogen-bond donors (Lipinski definition) is 2. The molecule has 34 heavy (non-hydrogen) atoms. The van der Waals surface area contributed by atoms with Crippen LogP contribution in [0.1, 0.15) is 27.3 Å². The standard InChI is InChI=1S/C23H16F3N3O4S/c1-13-5-8-17(9-6-13)34(32,33)29-16-7-10-19-18(12-16)22(31)28-21(27-19)20(30)14-3-2-4-15(11-14)23(24,25)26/h2-12,29H,1H3,(H,27,28,31). The Morgan fingerprint density at radius 3 is 2.38 bits per heavy atom. The van der Waals surface area contributed by atoms with Gasteiger partial charge in [0.1, 0.15) is 0 Å². The quantitative estimate of drug-likeness (QED) is 0.409. The monoisotopic (exact) mass is 487 g/mol. The normalized spacial score (nSPS) is 12.0. The molecular weight excluding hydrogens is 471 g/mol. The second-order valence-corrected chi connectivity index (χ2v) is 9.16. The molecular formula is C23H16F3N3O4S.